The SMILES string of the molecule is Cl.NC(CC(=O)NCC1CCSCC1)c1ccccc1. The Morgan fingerprint density at radius 1 is 1.30 bits per heavy atom. The molecule has 0 bridgehead atoms. The summed E-state index contributed by atoms with van der Waals surface area (Å²) in [6.07, 6.45) is 2.80. The summed E-state index contributed by atoms with van der Waals surface area (Å²) in [7, 11) is 0. The van der Waals surface area contributed by atoms with Crippen LogP contribution in [0.1, 0.15) is 30.9 Å². The van der Waals surface area contributed by atoms with E-state index in [1.807, 2.05) is 42.1 Å². The normalized spacial score (nSPS) is 17.1. The Kier molecular flexibility index (Phi) is 8.04. The van der Waals surface area contributed by atoms with Gasteiger partial charge in [0.2, 0.25) is 5.91 Å². The molecule has 1 aromatic carbocycles. The van der Waals surface area contributed by atoms with Crippen molar-refractivity contribution in [3.8, 4) is 0 Å². The van der Waals surface area contributed by atoms with Crippen LogP contribution in [0.5, 0.6) is 0 Å². The fourth-order valence-electron chi connectivity index (χ4n) is 2.30. The average molecular weight is 315 g/mol. The van der Waals surface area contributed by atoms with Crippen LogP contribution in [0.2, 0.25) is 0 Å². The number of hydrogen-bond acceptors (Lipinski definition) is 3. The van der Waals surface area contributed by atoms with E-state index in [1.165, 1.54) is 24.3 Å². The first-order valence-corrected chi connectivity index (χ1v) is 8.06. The van der Waals surface area contributed by atoms with Gasteiger partial charge in [-0.05, 0) is 35.8 Å². The highest BCUT2D eigenvalue weighted by Crippen LogP contribution is 2.22. The Labute approximate surface area is 131 Å². The summed E-state index contributed by atoms with van der Waals surface area (Å²) in [4.78, 5) is 11.9. The van der Waals surface area contributed by atoms with Gasteiger partial charge in [0, 0.05) is 19.0 Å². The zero-order chi connectivity index (χ0) is 13.5. The third-order valence-electron chi connectivity index (χ3n) is 3.56. The molecule has 0 radical (unpaired) electrons. The van der Waals surface area contributed by atoms with Crippen molar-refractivity contribution in [1.29, 1.82) is 0 Å². The van der Waals surface area contributed by atoms with E-state index in [2.05, 4.69) is 5.32 Å². The van der Waals surface area contributed by atoms with Gasteiger partial charge < -0.3 is 11.1 Å². The second kappa shape index (κ2) is 9.27. The van der Waals surface area contributed by atoms with E-state index in [0.29, 0.717) is 12.3 Å². The van der Waals surface area contributed by atoms with E-state index in [0.717, 1.165) is 12.1 Å². The van der Waals surface area contributed by atoms with E-state index < -0.39 is 0 Å². The lowest BCUT2D eigenvalue weighted by atomic mass is 10.0. The highest BCUT2D eigenvalue weighted by atomic mass is 35.5. The molecule has 0 aromatic heterocycles. The maximum atomic E-state index is 11.9. The van der Waals surface area contributed by atoms with Crippen LogP contribution in [0, 0.1) is 5.92 Å². The minimum atomic E-state index is -0.205. The van der Waals surface area contributed by atoms with Crippen molar-refractivity contribution in [2.24, 2.45) is 11.7 Å². The Morgan fingerprint density at radius 2 is 1.95 bits per heavy atom. The Morgan fingerprint density at radius 3 is 2.60 bits per heavy atom. The van der Waals surface area contributed by atoms with Crippen molar-refractivity contribution < 1.29 is 4.79 Å². The van der Waals surface area contributed by atoms with Crippen LogP contribution >= 0.6 is 24.2 Å². The molecule has 0 saturated carbocycles. The van der Waals surface area contributed by atoms with Crippen LogP contribution < -0.4 is 11.1 Å². The van der Waals surface area contributed by atoms with Crippen LogP contribution in [0.15, 0.2) is 30.3 Å². The number of carbonyl (C=O) groups excluding carboxylic acids is 1. The minimum absolute atomic E-state index is 0. The summed E-state index contributed by atoms with van der Waals surface area (Å²) < 4.78 is 0. The third-order valence-corrected chi connectivity index (χ3v) is 4.61. The number of rotatable bonds is 5. The molecule has 2 rings (SSSR count). The molecule has 1 heterocycles. The zero-order valence-electron chi connectivity index (χ0n) is 11.6. The van der Waals surface area contributed by atoms with Crippen molar-refractivity contribution in [2.75, 3.05) is 18.1 Å². The molecule has 1 fully saturated rings. The van der Waals surface area contributed by atoms with E-state index in [4.69, 9.17) is 5.73 Å². The van der Waals surface area contributed by atoms with Crippen molar-refractivity contribution in [3.63, 3.8) is 0 Å². The quantitative estimate of drug-likeness (QED) is 0.878. The van der Waals surface area contributed by atoms with Crippen LogP contribution in [-0.2, 0) is 4.79 Å². The van der Waals surface area contributed by atoms with Crippen molar-refractivity contribution in [1.82, 2.24) is 5.32 Å². The molecule has 1 aliphatic rings. The number of halogens is 1. The zero-order valence-corrected chi connectivity index (χ0v) is 13.2. The van der Waals surface area contributed by atoms with Crippen molar-refractivity contribution in [2.45, 2.75) is 25.3 Å². The molecule has 1 aromatic rings. The second-order valence-electron chi connectivity index (χ2n) is 5.08. The number of benzene rings is 1. The number of amides is 1. The van der Waals surface area contributed by atoms with E-state index in [-0.39, 0.29) is 24.4 Å². The molecule has 112 valence electrons. The average Bonchev–Trinajstić information content (AvgIpc) is 2.47. The fraction of sp³-hybridized carbons (Fsp3) is 0.533. The highest BCUT2D eigenvalue weighted by molar-refractivity contribution is 7.99. The van der Waals surface area contributed by atoms with Gasteiger partial charge >= 0.3 is 0 Å². The first-order chi connectivity index (χ1) is 9.25. The number of hydrogen-bond donors (Lipinski definition) is 2. The van der Waals surface area contributed by atoms with Crippen LogP contribution in [0.3, 0.4) is 0 Å². The molecule has 0 aliphatic carbocycles. The topological polar surface area (TPSA) is 55.1 Å². The first-order valence-electron chi connectivity index (χ1n) is 6.90. The number of carbonyl (C=O) groups is 1. The molecular formula is C15H23ClN2OS. The lowest BCUT2D eigenvalue weighted by Crippen LogP contribution is -2.32. The standard InChI is InChI=1S/C15H22N2OS.ClH/c16-14(13-4-2-1-3-5-13)10-15(18)17-11-12-6-8-19-9-7-12;/h1-5,12,14H,6-11,16H2,(H,17,18);1H. The lowest BCUT2D eigenvalue weighted by molar-refractivity contribution is -0.121. The summed E-state index contributed by atoms with van der Waals surface area (Å²) >= 11 is 2.01. The van der Waals surface area contributed by atoms with Crippen LogP contribution in [0.25, 0.3) is 0 Å². The number of thioether (sulfide) groups is 1. The van der Waals surface area contributed by atoms with E-state index >= 15 is 0 Å². The largest absolute Gasteiger partial charge is 0.356 e. The van der Waals surface area contributed by atoms with Crippen LogP contribution in [-0.4, -0.2) is 24.0 Å². The summed E-state index contributed by atoms with van der Waals surface area (Å²) in [6, 6.07) is 9.59. The number of nitrogens with two attached hydrogens (primary N) is 1. The van der Waals surface area contributed by atoms with E-state index in [1.54, 1.807) is 0 Å². The van der Waals surface area contributed by atoms with Gasteiger partial charge in [-0.25, -0.2) is 0 Å². The number of nitrogens with one attached hydrogen (secondary N) is 1. The molecule has 1 saturated heterocycles. The first kappa shape index (κ1) is 17.3. The van der Waals surface area contributed by atoms with Gasteiger partial charge in [-0.1, -0.05) is 30.3 Å². The Hall–Kier alpha value is -0.710. The predicted molar refractivity (Wildman–Crippen MR) is 88.3 cm³/mol. The maximum Gasteiger partial charge on any atom is 0.221 e. The van der Waals surface area contributed by atoms with Crippen molar-refractivity contribution in [3.05, 3.63) is 35.9 Å². The van der Waals surface area contributed by atoms with Gasteiger partial charge in [0.25, 0.3) is 0 Å². The molecule has 20 heavy (non-hydrogen) atoms. The van der Waals surface area contributed by atoms with Crippen LogP contribution in [0.4, 0.5) is 0 Å². The smallest absolute Gasteiger partial charge is 0.221 e. The Balaban J connectivity index is 0.00000200. The lowest BCUT2D eigenvalue weighted by Gasteiger charge is -2.22. The maximum absolute atomic E-state index is 11.9. The minimum Gasteiger partial charge on any atom is -0.356 e. The molecule has 3 nitrogen and oxygen atoms in total. The van der Waals surface area contributed by atoms with E-state index in [9.17, 15) is 4.79 Å². The molecule has 3 N–H and O–H groups in total. The summed E-state index contributed by atoms with van der Waals surface area (Å²) in [5, 5.41) is 3.02. The third kappa shape index (κ3) is 5.73. The van der Waals surface area contributed by atoms with Gasteiger partial charge in [-0.3, -0.25) is 4.79 Å². The molecule has 1 unspecified atom stereocenters. The second-order valence-corrected chi connectivity index (χ2v) is 6.31. The van der Waals surface area contributed by atoms with Gasteiger partial charge in [0.05, 0.1) is 0 Å². The summed E-state index contributed by atoms with van der Waals surface area (Å²) in [5.74, 6) is 3.17. The molecule has 1 amide bonds. The fourth-order valence-corrected chi connectivity index (χ4v) is 3.50. The molecule has 0 spiro atoms. The molecule has 1 aliphatic heterocycles. The summed E-state index contributed by atoms with van der Waals surface area (Å²) in [6.45, 7) is 0.806. The highest BCUT2D eigenvalue weighted by Gasteiger charge is 2.16. The van der Waals surface area contributed by atoms with Gasteiger partial charge in [0.15, 0.2) is 0 Å². The predicted octanol–water partition coefficient (Wildman–Crippen LogP) is 2.76. The molecule has 5 heteroatoms. The van der Waals surface area contributed by atoms with Gasteiger partial charge in [-0.15, -0.1) is 12.4 Å². The van der Waals surface area contributed by atoms with Crippen molar-refractivity contribution >= 4 is 30.1 Å². The summed E-state index contributed by atoms with van der Waals surface area (Å²) in [5.41, 5.74) is 7.06. The van der Waals surface area contributed by atoms with Gasteiger partial charge in [0.1, 0.15) is 0 Å². The molecular weight excluding hydrogens is 292 g/mol. The Bertz CT molecular complexity index is 396. The van der Waals surface area contributed by atoms with Gasteiger partial charge in [-0.2, -0.15) is 11.8 Å². The molecule has 1 atom stereocenters. The monoisotopic (exact) mass is 314 g/mol.